The lowest BCUT2D eigenvalue weighted by atomic mass is 9.80. The molecule has 0 aromatic carbocycles. The van der Waals surface area contributed by atoms with E-state index in [1.807, 2.05) is 19.1 Å². The molecule has 0 aromatic heterocycles. The number of cyclic esters (lactones) is 1. The molecule has 0 radical (unpaired) electrons. The van der Waals surface area contributed by atoms with Crippen LogP contribution in [-0.2, 0) is 47.5 Å². The molecule has 8 bridgehead atoms. The number of aliphatic carboxylic acids is 1. The molecule has 14 unspecified atom stereocenters. The second-order valence-electron chi connectivity index (χ2n) is 21.4. The van der Waals surface area contributed by atoms with E-state index >= 15 is 0 Å². The van der Waals surface area contributed by atoms with Gasteiger partial charge < -0.3 is 83.9 Å². The van der Waals surface area contributed by atoms with Crippen LogP contribution in [0.3, 0.4) is 0 Å². The number of carboxylic acid groups (broad SMARTS) is 1. The quantitative estimate of drug-likeness (QED) is 0.112. The first-order chi connectivity index (χ1) is 33.7. The second-order valence-corrected chi connectivity index (χ2v) is 21.4. The molecular formula is C52H84O19. The molecule has 0 aromatic rings. The largest absolute Gasteiger partial charge is 0.479 e. The first kappa shape index (κ1) is 57.8. The van der Waals surface area contributed by atoms with Crippen LogP contribution in [0.15, 0.2) is 36.5 Å². The number of hydrogen-bond donors (Lipinski definition) is 9. The number of allylic oxidation sites excluding steroid dienone is 2. The highest BCUT2D eigenvalue weighted by Crippen LogP contribution is 2.48. The number of carbonyl (C=O) groups excluding carboxylic acids is 1. The van der Waals surface area contributed by atoms with E-state index in [4.69, 9.17) is 43.0 Å². The molecule has 5 saturated heterocycles. The van der Waals surface area contributed by atoms with E-state index in [0.29, 0.717) is 51.4 Å². The molecule has 19 heteroatoms. The normalized spacial score (nSPS) is 44.5. The smallest absolute Gasteiger partial charge is 0.332 e. The van der Waals surface area contributed by atoms with E-state index < -0.39 is 133 Å². The van der Waals surface area contributed by atoms with Crippen LogP contribution in [-0.4, -0.2) is 181 Å². The van der Waals surface area contributed by atoms with E-state index in [2.05, 4.69) is 0 Å². The third kappa shape index (κ3) is 15.3. The maximum atomic E-state index is 13.9. The molecule has 0 saturated carbocycles. The lowest BCUT2D eigenvalue weighted by molar-refractivity contribution is -0.423. The minimum absolute atomic E-state index is 0.00247. The molecule has 0 aliphatic carbocycles. The van der Waals surface area contributed by atoms with Gasteiger partial charge in [0.15, 0.2) is 23.5 Å². The summed E-state index contributed by atoms with van der Waals surface area (Å²) in [7, 11) is 2.98. The van der Waals surface area contributed by atoms with Crippen LogP contribution in [0, 0.1) is 17.8 Å². The zero-order valence-electron chi connectivity index (χ0n) is 42.2. The molecule has 71 heavy (non-hydrogen) atoms. The highest BCUT2D eigenvalue weighted by molar-refractivity contribution is 5.72. The van der Waals surface area contributed by atoms with Gasteiger partial charge in [0.25, 0.3) is 0 Å². The molecule has 19 nitrogen and oxygen atoms in total. The molecule has 6 rings (SSSR count). The first-order valence-corrected chi connectivity index (χ1v) is 26.0. The van der Waals surface area contributed by atoms with Gasteiger partial charge in [-0.1, -0.05) is 51.2 Å². The molecule has 0 amide bonds. The van der Waals surface area contributed by atoms with E-state index in [9.17, 15) is 50.4 Å². The van der Waals surface area contributed by atoms with Gasteiger partial charge in [-0.25, -0.2) is 4.79 Å². The molecule has 5 fully saturated rings. The summed E-state index contributed by atoms with van der Waals surface area (Å²) >= 11 is 0. The highest BCUT2D eigenvalue weighted by atomic mass is 16.8. The van der Waals surface area contributed by atoms with Crippen LogP contribution >= 0.6 is 0 Å². The minimum atomic E-state index is -2.01. The Morgan fingerprint density at radius 1 is 0.775 bits per heavy atom. The predicted octanol–water partition coefficient (Wildman–Crippen LogP) is 3.23. The summed E-state index contributed by atoms with van der Waals surface area (Å²) in [5.74, 6) is -7.95. The van der Waals surface area contributed by atoms with Crippen LogP contribution in [0.25, 0.3) is 0 Å². The summed E-state index contributed by atoms with van der Waals surface area (Å²) in [6.45, 7) is 5.53. The highest BCUT2D eigenvalue weighted by Gasteiger charge is 2.57. The van der Waals surface area contributed by atoms with Crippen molar-refractivity contribution in [3.63, 3.8) is 0 Å². The first-order valence-electron chi connectivity index (χ1n) is 26.0. The molecule has 6 heterocycles. The van der Waals surface area contributed by atoms with Gasteiger partial charge in [-0.3, -0.25) is 4.79 Å². The topological polar surface area (TPSA) is 290 Å². The van der Waals surface area contributed by atoms with Crippen LogP contribution in [0.5, 0.6) is 0 Å². The lowest BCUT2D eigenvalue weighted by Gasteiger charge is -2.54. The predicted molar refractivity (Wildman–Crippen MR) is 254 cm³/mol. The zero-order valence-corrected chi connectivity index (χ0v) is 42.2. The monoisotopic (exact) mass is 1010 g/mol. The van der Waals surface area contributed by atoms with Gasteiger partial charge in [0, 0.05) is 64.6 Å². The van der Waals surface area contributed by atoms with Crippen molar-refractivity contribution in [2.45, 2.75) is 245 Å². The number of aliphatic hydroxyl groups is 8. The van der Waals surface area contributed by atoms with Crippen molar-refractivity contribution in [1.82, 2.24) is 0 Å². The van der Waals surface area contributed by atoms with Crippen molar-refractivity contribution >= 4 is 11.9 Å². The van der Waals surface area contributed by atoms with Gasteiger partial charge >= 0.3 is 11.9 Å². The SMILES string of the molecule is CO[C@@H]1CC23CCC(C)C(O)(CC(C(O)C/C=C/C/C=C\CC(O)C(=O)O)OC(=O)CC4CCCC(CC(O)CC(O)C[C@H]5O[C@]6(C=CC5C)CC[C@@H](OC)[C@H](O6)C(O)C(O)C(C)CC[C@@H](O2)[C@H]1O)O4)O3. The fourth-order valence-electron chi connectivity index (χ4n) is 11.3. The summed E-state index contributed by atoms with van der Waals surface area (Å²) in [5, 5.41) is 100. The summed E-state index contributed by atoms with van der Waals surface area (Å²) in [6.07, 6.45) is -0.0237. The summed E-state index contributed by atoms with van der Waals surface area (Å²) in [5.41, 5.74) is 0. The Morgan fingerprint density at radius 3 is 2.20 bits per heavy atom. The summed E-state index contributed by atoms with van der Waals surface area (Å²) < 4.78 is 50.4. The number of aliphatic hydroxyl groups excluding tert-OH is 7. The van der Waals surface area contributed by atoms with Crippen molar-refractivity contribution in [3.05, 3.63) is 36.5 Å². The van der Waals surface area contributed by atoms with Crippen molar-refractivity contribution < 1.29 is 93.4 Å². The second kappa shape index (κ2) is 25.9. The van der Waals surface area contributed by atoms with Crippen LogP contribution in [0.1, 0.15) is 136 Å². The number of ether oxygens (including phenoxy) is 8. The lowest BCUT2D eigenvalue weighted by Crippen LogP contribution is -2.63. The number of fused-ring (bicyclic) bond motifs is 6. The Hall–Kier alpha value is -2.44. The Labute approximate surface area is 418 Å². The molecule has 6 aliphatic heterocycles. The zero-order chi connectivity index (χ0) is 51.7. The van der Waals surface area contributed by atoms with Crippen molar-refractivity contribution in [3.8, 4) is 0 Å². The van der Waals surface area contributed by atoms with Crippen LogP contribution in [0.2, 0.25) is 0 Å². The van der Waals surface area contributed by atoms with Gasteiger partial charge in [-0.05, 0) is 82.6 Å². The van der Waals surface area contributed by atoms with E-state index in [-0.39, 0.29) is 70.1 Å². The average molecular weight is 1010 g/mol. The van der Waals surface area contributed by atoms with Crippen LogP contribution in [0.4, 0.5) is 0 Å². The molecule has 2 spiro atoms. The van der Waals surface area contributed by atoms with Gasteiger partial charge in [0.2, 0.25) is 0 Å². The van der Waals surface area contributed by atoms with Gasteiger partial charge in [-0.2, -0.15) is 0 Å². The van der Waals surface area contributed by atoms with E-state index in [1.165, 1.54) is 20.3 Å². The average Bonchev–Trinajstić information content (AvgIpc) is 3.32. The molecule has 6 aliphatic rings. The maximum absolute atomic E-state index is 13.9. The standard InChI is InChI=1S/C52H84O19/c1-30-18-21-50-23-20-40(64-4)48(70-50)47(60)45(58)31(2)16-17-39-46(59)43(65-5)28-51(68-39)22-19-32(3)52(63,71-51)29-42(37(55)14-9-7-6-8-10-15-38(56)49(61)62)67-44(57)27-36-13-11-12-35(66-36)25-33(53)24-34(54)26-41(30)69-50/h7-10,18,21,30-43,45-48,53-56,58-60,63H,6,11-17,19-20,22-29H2,1-5H3,(H,61,62)/b9-7+,10-8-/t30?,31?,32?,33?,34?,35?,36?,37?,38?,39-,40-,41-,42?,43-,45?,46-,47?,48+,50+,51?,52?/m1/s1. The van der Waals surface area contributed by atoms with Crippen molar-refractivity contribution in [2.24, 2.45) is 17.8 Å². The number of rotatable bonds is 10. The fourth-order valence-corrected chi connectivity index (χ4v) is 11.3. The van der Waals surface area contributed by atoms with Crippen molar-refractivity contribution in [1.29, 1.82) is 0 Å². The van der Waals surface area contributed by atoms with Gasteiger partial charge in [0.05, 0.1) is 67.5 Å². The Morgan fingerprint density at radius 2 is 1.48 bits per heavy atom. The minimum Gasteiger partial charge on any atom is -0.479 e. The number of methoxy groups -OCH3 is 2. The maximum Gasteiger partial charge on any atom is 0.332 e. The number of hydrogen-bond acceptors (Lipinski definition) is 18. The fraction of sp³-hybridized carbons (Fsp3) is 0.846. The van der Waals surface area contributed by atoms with Gasteiger partial charge in [0.1, 0.15) is 24.4 Å². The van der Waals surface area contributed by atoms with E-state index in [0.717, 1.165) is 0 Å². The third-order valence-corrected chi connectivity index (χ3v) is 15.8. The Bertz CT molecular complexity index is 1780. The van der Waals surface area contributed by atoms with E-state index in [1.54, 1.807) is 32.1 Å². The molecule has 9 N–H and O–H groups in total. The van der Waals surface area contributed by atoms with Crippen LogP contribution < -0.4 is 0 Å². The Balaban J connectivity index is 1.25. The Kier molecular flexibility index (Phi) is 21.1. The third-order valence-electron chi connectivity index (χ3n) is 15.8. The number of esters is 1. The summed E-state index contributed by atoms with van der Waals surface area (Å²) in [4.78, 5) is 24.8. The van der Waals surface area contributed by atoms with Gasteiger partial charge in [-0.15, -0.1) is 0 Å². The summed E-state index contributed by atoms with van der Waals surface area (Å²) in [6, 6.07) is 0. The van der Waals surface area contributed by atoms with Crippen molar-refractivity contribution in [2.75, 3.05) is 14.2 Å². The molecule has 406 valence electrons. The molecule has 21 atom stereocenters. The molecular weight excluding hydrogens is 929 g/mol. The number of carbonyl (C=O) groups is 2. The number of carboxylic acids is 1.